The average Bonchev–Trinajstić information content (AvgIpc) is 2.98. The molecular weight excluding hydrogens is 406 g/mol. The molecule has 2 heterocycles. The summed E-state index contributed by atoms with van der Waals surface area (Å²) in [4.78, 5) is 67.6. The van der Waals surface area contributed by atoms with E-state index >= 15 is 0 Å². The number of fused-ring (bicyclic) bond motifs is 1. The van der Waals surface area contributed by atoms with Gasteiger partial charge in [0.25, 0.3) is 5.56 Å². The lowest BCUT2D eigenvalue weighted by Crippen LogP contribution is -2.47. The Morgan fingerprint density at radius 3 is 2.32 bits per heavy atom. The molecule has 0 spiro atoms. The van der Waals surface area contributed by atoms with Crippen LogP contribution in [0.4, 0.5) is 11.5 Å². The monoisotopic (exact) mass is 435 g/mol. The number of aromatic amines is 1. The van der Waals surface area contributed by atoms with E-state index in [0.29, 0.717) is 19.3 Å². The van der Waals surface area contributed by atoms with Crippen molar-refractivity contribution in [1.82, 2.24) is 14.5 Å². The normalized spacial score (nSPS) is 20.8. The molecule has 2 fully saturated rings. The predicted molar refractivity (Wildman–Crippen MR) is 112 cm³/mol. The quantitative estimate of drug-likeness (QED) is 0.532. The standard InChI is InChI=1S/C20H29N5O6/c1-3-8-24-16(21)15(17(27)22-20(24)30)23(9-10-31-2)14(26)11-25-18(28)12-6-4-5-7-13(12)19(25)29/h12-13H,3-11,21H2,1-2H3,(H,22,27,30). The Bertz CT molecular complexity index is 959. The van der Waals surface area contributed by atoms with Gasteiger partial charge in [0.15, 0.2) is 5.69 Å². The number of aromatic nitrogens is 2. The molecule has 2 aliphatic rings. The number of methoxy groups -OCH3 is 1. The third kappa shape index (κ3) is 4.27. The zero-order valence-corrected chi connectivity index (χ0v) is 17.9. The number of carbonyl (C=O) groups is 3. The molecule has 1 aromatic rings. The fourth-order valence-corrected chi connectivity index (χ4v) is 4.44. The minimum absolute atomic E-state index is 0.0317. The number of ether oxygens (including phenoxy) is 1. The summed E-state index contributed by atoms with van der Waals surface area (Å²) < 4.78 is 6.24. The van der Waals surface area contributed by atoms with Gasteiger partial charge in [0.2, 0.25) is 17.7 Å². The van der Waals surface area contributed by atoms with E-state index in [9.17, 15) is 24.0 Å². The van der Waals surface area contributed by atoms with Crippen molar-refractivity contribution in [3.05, 3.63) is 20.8 Å². The number of hydrogen-bond acceptors (Lipinski definition) is 7. The molecule has 3 N–H and O–H groups in total. The molecule has 3 amide bonds. The Kier molecular flexibility index (Phi) is 6.94. The Morgan fingerprint density at radius 1 is 1.16 bits per heavy atom. The molecule has 11 heteroatoms. The molecule has 2 unspecified atom stereocenters. The summed E-state index contributed by atoms with van der Waals surface area (Å²) in [7, 11) is 1.44. The van der Waals surface area contributed by atoms with E-state index in [0.717, 1.165) is 22.6 Å². The Balaban J connectivity index is 1.93. The lowest BCUT2D eigenvalue weighted by molar-refractivity contribution is -0.143. The van der Waals surface area contributed by atoms with Crippen molar-refractivity contribution in [3.63, 3.8) is 0 Å². The van der Waals surface area contributed by atoms with Crippen molar-refractivity contribution in [3.8, 4) is 0 Å². The van der Waals surface area contributed by atoms with E-state index in [1.807, 2.05) is 6.92 Å². The fourth-order valence-electron chi connectivity index (χ4n) is 4.44. The largest absolute Gasteiger partial charge is 0.383 e. The minimum Gasteiger partial charge on any atom is -0.383 e. The van der Waals surface area contributed by atoms with E-state index < -0.39 is 23.7 Å². The number of H-pyrrole nitrogens is 1. The van der Waals surface area contributed by atoms with Crippen molar-refractivity contribution in [2.75, 3.05) is 37.4 Å². The summed E-state index contributed by atoms with van der Waals surface area (Å²) in [5, 5.41) is 0. The molecule has 31 heavy (non-hydrogen) atoms. The number of rotatable bonds is 8. The maximum atomic E-state index is 13.2. The van der Waals surface area contributed by atoms with Crippen molar-refractivity contribution < 1.29 is 19.1 Å². The Labute approximate surface area is 179 Å². The molecule has 0 radical (unpaired) electrons. The molecule has 1 saturated carbocycles. The zero-order chi connectivity index (χ0) is 22.7. The predicted octanol–water partition coefficient (Wildman–Crippen LogP) is -0.317. The minimum atomic E-state index is -0.813. The van der Waals surface area contributed by atoms with Crippen LogP contribution in [-0.4, -0.2) is 59.0 Å². The molecule has 170 valence electrons. The summed E-state index contributed by atoms with van der Waals surface area (Å²) in [6.07, 6.45) is 3.63. The van der Waals surface area contributed by atoms with Gasteiger partial charge in [-0.2, -0.15) is 0 Å². The molecule has 3 rings (SSSR count). The number of nitrogen functional groups attached to an aromatic ring is 1. The Morgan fingerprint density at radius 2 is 1.77 bits per heavy atom. The number of likely N-dealkylation sites (tertiary alicyclic amines) is 1. The first kappa shape index (κ1) is 22.7. The average molecular weight is 435 g/mol. The molecule has 0 bridgehead atoms. The second-order valence-electron chi connectivity index (χ2n) is 7.94. The second-order valence-corrected chi connectivity index (χ2v) is 7.94. The van der Waals surface area contributed by atoms with Gasteiger partial charge in [-0.1, -0.05) is 19.8 Å². The maximum absolute atomic E-state index is 13.2. The van der Waals surface area contributed by atoms with Crippen LogP contribution in [0.3, 0.4) is 0 Å². The first-order chi connectivity index (χ1) is 14.8. The summed E-state index contributed by atoms with van der Waals surface area (Å²) >= 11 is 0. The first-order valence-electron chi connectivity index (χ1n) is 10.6. The lowest BCUT2D eigenvalue weighted by atomic mass is 9.81. The van der Waals surface area contributed by atoms with Gasteiger partial charge in [-0.15, -0.1) is 0 Å². The van der Waals surface area contributed by atoms with Crippen LogP contribution in [0.1, 0.15) is 39.0 Å². The molecular formula is C20H29N5O6. The van der Waals surface area contributed by atoms with Crippen molar-refractivity contribution >= 4 is 29.2 Å². The number of nitrogens with zero attached hydrogens (tertiary/aromatic N) is 3. The van der Waals surface area contributed by atoms with E-state index in [-0.39, 0.29) is 54.9 Å². The van der Waals surface area contributed by atoms with Crippen LogP contribution in [0.2, 0.25) is 0 Å². The third-order valence-corrected chi connectivity index (χ3v) is 5.98. The third-order valence-electron chi connectivity index (χ3n) is 5.98. The fraction of sp³-hybridized carbons (Fsp3) is 0.650. The van der Waals surface area contributed by atoms with Crippen molar-refractivity contribution in [1.29, 1.82) is 0 Å². The number of amides is 3. The van der Waals surface area contributed by atoms with E-state index in [4.69, 9.17) is 10.5 Å². The van der Waals surface area contributed by atoms with Gasteiger partial charge >= 0.3 is 5.69 Å². The van der Waals surface area contributed by atoms with Crippen LogP contribution in [0.5, 0.6) is 0 Å². The SMILES string of the molecule is CCCn1c(N)c(N(CCOC)C(=O)CN2C(=O)C3CCCCC3C2=O)c(=O)[nH]c1=O. The highest BCUT2D eigenvalue weighted by Crippen LogP contribution is 2.38. The highest BCUT2D eigenvalue weighted by molar-refractivity contribution is 6.09. The first-order valence-corrected chi connectivity index (χ1v) is 10.6. The molecule has 1 aromatic heterocycles. The number of nitrogens with two attached hydrogens (primary N) is 1. The van der Waals surface area contributed by atoms with Gasteiger partial charge in [0, 0.05) is 20.2 Å². The van der Waals surface area contributed by atoms with E-state index in [1.54, 1.807) is 0 Å². The highest BCUT2D eigenvalue weighted by Gasteiger charge is 2.48. The number of anilines is 2. The van der Waals surface area contributed by atoms with E-state index in [1.165, 1.54) is 11.7 Å². The molecule has 1 aliphatic carbocycles. The van der Waals surface area contributed by atoms with Crippen molar-refractivity contribution in [2.24, 2.45) is 11.8 Å². The van der Waals surface area contributed by atoms with Crippen LogP contribution in [0, 0.1) is 11.8 Å². The van der Waals surface area contributed by atoms with Crippen LogP contribution >= 0.6 is 0 Å². The Hall–Kier alpha value is -2.95. The van der Waals surface area contributed by atoms with Gasteiger partial charge in [-0.05, 0) is 19.3 Å². The number of nitrogens with one attached hydrogen (secondary N) is 1. The molecule has 11 nitrogen and oxygen atoms in total. The van der Waals surface area contributed by atoms with Crippen LogP contribution in [0.15, 0.2) is 9.59 Å². The molecule has 0 aromatic carbocycles. The number of imide groups is 1. The zero-order valence-electron chi connectivity index (χ0n) is 17.9. The van der Waals surface area contributed by atoms with Crippen LogP contribution < -0.4 is 21.9 Å². The van der Waals surface area contributed by atoms with Gasteiger partial charge in [-0.25, -0.2) is 4.79 Å². The molecule has 1 aliphatic heterocycles. The summed E-state index contributed by atoms with van der Waals surface area (Å²) in [5.74, 6) is -2.22. The molecule has 2 atom stereocenters. The molecule has 1 saturated heterocycles. The van der Waals surface area contributed by atoms with Gasteiger partial charge in [-0.3, -0.25) is 33.6 Å². The van der Waals surface area contributed by atoms with Crippen LogP contribution in [-0.2, 0) is 25.7 Å². The lowest BCUT2D eigenvalue weighted by Gasteiger charge is -2.26. The number of carbonyl (C=O) groups excluding carboxylic acids is 3. The summed E-state index contributed by atoms with van der Waals surface area (Å²) in [6.45, 7) is 1.67. The van der Waals surface area contributed by atoms with Crippen LogP contribution in [0.25, 0.3) is 0 Å². The number of hydrogen-bond donors (Lipinski definition) is 2. The maximum Gasteiger partial charge on any atom is 0.330 e. The highest BCUT2D eigenvalue weighted by atomic mass is 16.5. The summed E-state index contributed by atoms with van der Waals surface area (Å²) in [5.41, 5.74) is 4.43. The van der Waals surface area contributed by atoms with Gasteiger partial charge in [0.1, 0.15) is 12.4 Å². The van der Waals surface area contributed by atoms with Gasteiger partial charge < -0.3 is 15.4 Å². The van der Waals surface area contributed by atoms with Crippen molar-refractivity contribution in [2.45, 2.75) is 45.6 Å². The topological polar surface area (TPSA) is 148 Å². The van der Waals surface area contributed by atoms with Gasteiger partial charge in [0.05, 0.1) is 18.4 Å². The second kappa shape index (κ2) is 9.46. The summed E-state index contributed by atoms with van der Waals surface area (Å²) in [6, 6.07) is 0. The van der Waals surface area contributed by atoms with E-state index in [2.05, 4.69) is 4.98 Å². The smallest absolute Gasteiger partial charge is 0.330 e.